The highest BCUT2D eigenvalue weighted by molar-refractivity contribution is 5.78. The normalized spacial score (nSPS) is 12.3. The Morgan fingerprint density at radius 1 is 0.955 bits per heavy atom. The van der Waals surface area contributed by atoms with Gasteiger partial charge in [-0.3, -0.25) is 4.79 Å². The number of alkyl halides is 6. The highest BCUT2D eigenvalue weighted by atomic mass is 19.4. The van der Waals surface area contributed by atoms with Crippen LogP contribution in [0.25, 0.3) is 11.4 Å². The smallest absolute Gasteiger partial charge is 0.298 e. The van der Waals surface area contributed by atoms with E-state index in [1.54, 1.807) is 0 Å². The molecule has 0 radical (unpaired) electrons. The molecule has 0 aliphatic carbocycles. The van der Waals surface area contributed by atoms with Gasteiger partial charge in [0.25, 0.3) is 0 Å². The number of benzene rings is 1. The maximum atomic E-state index is 12.7. The first-order valence-corrected chi connectivity index (χ1v) is 5.69. The van der Waals surface area contributed by atoms with E-state index >= 15 is 0 Å². The number of nitrogens with zero attached hydrogens (tertiary/aromatic N) is 2. The number of hydrogen-bond donors (Lipinski definition) is 0. The Labute approximate surface area is 119 Å². The van der Waals surface area contributed by atoms with Gasteiger partial charge in [0.1, 0.15) is 12.0 Å². The second-order valence-electron chi connectivity index (χ2n) is 4.22. The molecule has 9 heteroatoms. The predicted molar refractivity (Wildman–Crippen MR) is 62.9 cm³/mol. The summed E-state index contributed by atoms with van der Waals surface area (Å²) in [6.45, 7) is 0. The molecule has 3 nitrogen and oxygen atoms in total. The van der Waals surface area contributed by atoms with E-state index in [2.05, 4.69) is 9.97 Å². The fraction of sp³-hybridized carbons (Fsp3) is 0.154. The zero-order valence-electron chi connectivity index (χ0n) is 10.5. The molecule has 1 aromatic heterocycles. The third-order valence-corrected chi connectivity index (χ3v) is 2.62. The SMILES string of the molecule is O=Cc1cc(-c2nccc(C(F)(F)F)n2)cc(C(F)(F)F)c1. The Morgan fingerprint density at radius 3 is 2.18 bits per heavy atom. The second kappa shape index (κ2) is 5.39. The van der Waals surface area contributed by atoms with Crippen LogP contribution in [0.15, 0.2) is 30.5 Å². The minimum Gasteiger partial charge on any atom is -0.298 e. The van der Waals surface area contributed by atoms with Crippen molar-refractivity contribution in [1.82, 2.24) is 9.97 Å². The molecule has 0 aliphatic heterocycles. The van der Waals surface area contributed by atoms with E-state index < -0.39 is 29.4 Å². The first-order valence-electron chi connectivity index (χ1n) is 5.69. The second-order valence-corrected chi connectivity index (χ2v) is 4.22. The Morgan fingerprint density at radius 2 is 1.64 bits per heavy atom. The number of carbonyl (C=O) groups is 1. The van der Waals surface area contributed by atoms with Crippen LogP contribution in [0.2, 0.25) is 0 Å². The van der Waals surface area contributed by atoms with E-state index in [4.69, 9.17) is 0 Å². The molecule has 0 amide bonds. The van der Waals surface area contributed by atoms with E-state index in [0.29, 0.717) is 18.2 Å². The third-order valence-electron chi connectivity index (χ3n) is 2.62. The molecule has 0 saturated carbocycles. The molecule has 0 unspecified atom stereocenters. The lowest BCUT2D eigenvalue weighted by Gasteiger charge is -2.11. The molecule has 0 atom stereocenters. The largest absolute Gasteiger partial charge is 0.433 e. The Kier molecular flexibility index (Phi) is 3.90. The zero-order chi connectivity index (χ0) is 16.5. The first-order chi connectivity index (χ1) is 10.1. The Bertz CT molecular complexity index is 708. The molecule has 1 aromatic carbocycles. The standard InChI is InChI=1S/C13H6F6N2O/c14-12(15,16)9-4-7(6-22)3-8(5-9)11-20-2-1-10(21-11)13(17,18)19/h1-6H. The van der Waals surface area contributed by atoms with Crippen LogP contribution in [0.1, 0.15) is 21.6 Å². The van der Waals surface area contributed by atoms with Crippen LogP contribution in [0.3, 0.4) is 0 Å². The summed E-state index contributed by atoms with van der Waals surface area (Å²) in [5, 5.41) is 0. The average molecular weight is 320 g/mol. The molecule has 2 aromatic rings. The summed E-state index contributed by atoms with van der Waals surface area (Å²) in [7, 11) is 0. The van der Waals surface area contributed by atoms with Gasteiger partial charge in [0.15, 0.2) is 5.82 Å². The number of aldehydes is 1. The van der Waals surface area contributed by atoms with Crippen molar-refractivity contribution in [3.05, 3.63) is 47.3 Å². The summed E-state index contributed by atoms with van der Waals surface area (Å²) < 4.78 is 75.9. The number of aromatic nitrogens is 2. The van der Waals surface area contributed by atoms with Crippen molar-refractivity contribution >= 4 is 6.29 Å². The topological polar surface area (TPSA) is 42.9 Å². The van der Waals surface area contributed by atoms with Gasteiger partial charge in [-0.15, -0.1) is 0 Å². The molecule has 0 spiro atoms. The summed E-state index contributed by atoms with van der Waals surface area (Å²) in [5.74, 6) is -0.552. The Balaban J connectivity index is 2.60. The molecule has 1 heterocycles. The van der Waals surface area contributed by atoms with Crippen molar-refractivity contribution in [3.8, 4) is 11.4 Å². The molecule has 0 aliphatic rings. The highest BCUT2D eigenvalue weighted by Gasteiger charge is 2.34. The van der Waals surface area contributed by atoms with Crippen LogP contribution in [0, 0.1) is 0 Å². The number of rotatable bonds is 2. The van der Waals surface area contributed by atoms with Crippen LogP contribution in [-0.2, 0) is 12.4 Å². The van der Waals surface area contributed by atoms with Crippen molar-refractivity contribution in [2.75, 3.05) is 0 Å². The maximum absolute atomic E-state index is 12.7. The molecule has 0 N–H and O–H groups in total. The fourth-order valence-corrected chi connectivity index (χ4v) is 1.67. The van der Waals surface area contributed by atoms with E-state index in [1.807, 2.05) is 0 Å². The fourth-order valence-electron chi connectivity index (χ4n) is 1.67. The summed E-state index contributed by atoms with van der Waals surface area (Å²) in [4.78, 5) is 17.4. The van der Waals surface area contributed by atoms with Crippen LogP contribution in [-0.4, -0.2) is 16.3 Å². The van der Waals surface area contributed by atoms with E-state index in [0.717, 1.165) is 12.3 Å². The average Bonchev–Trinajstić information content (AvgIpc) is 2.45. The molecule has 0 bridgehead atoms. The molecule has 22 heavy (non-hydrogen) atoms. The van der Waals surface area contributed by atoms with Crippen molar-refractivity contribution < 1.29 is 31.1 Å². The first kappa shape index (κ1) is 15.9. The summed E-state index contributed by atoms with van der Waals surface area (Å²) in [6.07, 6.45) is -8.57. The minimum absolute atomic E-state index is 0.159. The number of hydrogen-bond acceptors (Lipinski definition) is 3. The summed E-state index contributed by atoms with van der Waals surface area (Å²) in [6, 6.07) is 2.75. The van der Waals surface area contributed by atoms with E-state index in [1.165, 1.54) is 0 Å². The van der Waals surface area contributed by atoms with Crippen molar-refractivity contribution in [2.45, 2.75) is 12.4 Å². The molecule has 116 valence electrons. The van der Waals surface area contributed by atoms with E-state index in [9.17, 15) is 31.1 Å². The Hall–Kier alpha value is -2.45. The van der Waals surface area contributed by atoms with Gasteiger partial charge in [-0.1, -0.05) is 0 Å². The highest BCUT2D eigenvalue weighted by Crippen LogP contribution is 2.33. The van der Waals surface area contributed by atoms with Crippen molar-refractivity contribution in [2.24, 2.45) is 0 Å². The third kappa shape index (κ3) is 3.41. The molecule has 2 rings (SSSR count). The molecular weight excluding hydrogens is 314 g/mol. The monoisotopic (exact) mass is 320 g/mol. The molecule has 0 saturated heterocycles. The summed E-state index contributed by atoms with van der Waals surface area (Å²) in [5.41, 5.74) is -3.13. The van der Waals surface area contributed by atoms with Gasteiger partial charge in [-0.2, -0.15) is 26.3 Å². The van der Waals surface area contributed by atoms with Gasteiger partial charge in [-0.25, -0.2) is 9.97 Å². The molecular formula is C13H6F6N2O. The van der Waals surface area contributed by atoms with Gasteiger partial charge in [-0.05, 0) is 24.3 Å². The van der Waals surface area contributed by atoms with Crippen LogP contribution in [0.4, 0.5) is 26.3 Å². The van der Waals surface area contributed by atoms with Crippen molar-refractivity contribution in [1.29, 1.82) is 0 Å². The lowest BCUT2D eigenvalue weighted by Crippen LogP contribution is -2.10. The predicted octanol–water partition coefficient (Wildman–Crippen LogP) is 3.99. The van der Waals surface area contributed by atoms with Gasteiger partial charge in [0, 0.05) is 17.3 Å². The quantitative estimate of drug-likeness (QED) is 0.620. The lowest BCUT2D eigenvalue weighted by atomic mass is 10.1. The zero-order valence-corrected chi connectivity index (χ0v) is 10.5. The van der Waals surface area contributed by atoms with E-state index in [-0.39, 0.29) is 17.4 Å². The van der Waals surface area contributed by atoms with Gasteiger partial charge < -0.3 is 0 Å². The van der Waals surface area contributed by atoms with Crippen LogP contribution in [0.5, 0.6) is 0 Å². The van der Waals surface area contributed by atoms with Crippen LogP contribution < -0.4 is 0 Å². The minimum atomic E-state index is -4.76. The maximum Gasteiger partial charge on any atom is 0.433 e. The van der Waals surface area contributed by atoms with Crippen molar-refractivity contribution in [3.63, 3.8) is 0 Å². The van der Waals surface area contributed by atoms with Crippen LogP contribution >= 0.6 is 0 Å². The van der Waals surface area contributed by atoms with Gasteiger partial charge in [0.2, 0.25) is 0 Å². The molecule has 0 fully saturated rings. The van der Waals surface area contributed by atoms with Gasteiger partial charge in [0.05, 0.1) is 5.56 Å². The number of carbonyl (C=O) groups excluding carboxylic acids is 1. The number of halogens is 6. The summed E-state index contributed by atoms with van der Waals surface area (Å²) >= 11 is 0. The van der Waals surface area contributed by atoms with Gasteiger partial charge >= 0.3 is 12.4 Å². The lowest BCUT2D eigenvalue weighted by molar-refractivity contribution is -0.141.